The zero-order valence-corrected chi connectivity index (χ0v) is 58.0. The van der Waals surface area contributed by atoms with Crippen molar-refractivity contribution in [3.8, 4) is 0 Å². The lowest BCUT2D eigenvalue weighted by molar-refractivity contribution is -0.308. The van der Waals surface area contributed by atoms with E-state index in [1.807, 2.05) is 45.0 Å². The number of nitrogens with one attached hydrogen (secondary N) is 1. The second-order valence-corrected chi connectivity index (χ2v) is 28.0. The summed E-state index contributed by atoms with van der Waals surface area (Å²) >= 11 is 0. The SMILES string of the molecule is CCCCOC(=O)C(C)(CC(C)(CCC)C(=O)O)CC(C)(CCC(C)(CC(C)(CCC(C)(CC)C(=O)OCCOCCO[C@@H]1O[C@H](CO)[C@H](OC(C)=O)[C@H](OC(C)=O)[C@H]1OC(C)=O)C(=O)NCC(C)O)C(=O)OCCSSc1ccccn1)C(=O)OCCN(C)C. The van der Waals surface area contributed by atoms with Crippen molar-refractivity contribution in [3.05, 3.63) is 24.4 Å². The monoisotopic (exact) mass is 1330 g/mol. The van der Waals surface area contributed by atoms with Gasteiger partial charge in [-0.3, -0.25) is 43.2 Å². The van der Waals surface area contributed by atoms with Crippen molar-refractivity contribution in [2.45, 2.75) is 209 Å². The molecule has 1 aliphatic rings. The molecule has 1 saturated heterocycles. The Morgan fingerprint density at radius 3 is 1.69 bits per heavy atom. The van der Waals surface area contributed by atoms with Crippen LogP contribution < -0.4 is 5.32 Å². The Bertz CT molecular complexity index is 2480. The number of unbranched alkanes of at least 4 members (excludes halogenated alkanes) is 1. The van der Waals surface area contributed by atoms with Crippen LogP contribution in [0, 0.1) is 32.5 Å². The number of aromatic nitrogens is 1. The van der Waals surface area contributed by atoms with Gasteiger partial charge in [-0.2, -0.15) is 0 Å². The number of carbonyl (C=O) groups is 9. The number of pyridine rings is 1. The van der Waals surface area contributed by atoms with Gasteiger partial charge in [0.25, 0.3) is 0 Å². The van der Waals surface area contributed by atoms with E-state index in [9.17, 15) is 53.7 Å². The lowest BCUT2D eigenvalue weighted by Crippen LogP contribution is -2.62. The average molecular weight is 1330 g/mol. The molecule has 1 amide bonds. The standard InChI is InChI=1S/C64H105N3O22S2/c1-16-19-30-82-58(79)64(13,41-61(10,23-17-2)54(74)75)42-63(12,56(77)83-31-29-67(14)15)27-26-62(11,57(78)85-36-37-90-91-48-22-20-21-28-65-48)40-60(9,53(73)66-38-43(4)69)25-24-59(8,18-3)55(76)84-35-33-80-32-34-81-52-51(88-46(7)72)50(87-45(6)71)49(86-44(5)70)47(39-68)89-52/h20-22,28,43,47,49-52,68-69H,16-19,23-27,29-42H2,1-15H3,(H,66,73)(H,74,75)/t43?,47-,49+,50+,51-,52-,59?,60?,61?,62?,63?,64?/m1/s1. The number of aliphatic hydroxyl groups excluding tert-OH is 2. The van der Waals surface area contributed by atoms with E-state index < -0.39 is 130 Å². The molecule has 0 spiro atoms. The number of aliphatic carboxylic acids is 1. The third-order valence-corrected chi connectivity index (χ3v) is 18.5. The minimum Gasteiger partial charge on any atom is -0.481 e. The highest BCUT2D eigenvalue weighted by atomic mass is 33.1. The van der Waals surface area contributed by atoms with E-state index in [1.165, 1.54) is 28.5 Å². The second kappa shape index (κ2) is 39.5. The normalized spacial score (nSPS) is 20.9. The van der Waals surface area contributed by atoms with E-state index in [1.54, 1.807) is 60.7 Å². The van der Waals surface area contributed by atoms with Crippen molar-refractivity contribution in [2.24, 2.45) is 32.5 Å². The number of hydrogen-bond donors (Lipinski definition) is 4. The zero-order valence-electron chi connectivity index (χ0n) is 56.3. The first-order valence-electron chi connectivity index (χ1n) is 31.3. The number of hydrogen-bond acceptors (Lipinski definition) is 25. The maximum atomic E-state index is 15.1. The Morgan fingerprint density at radius 2 is 1.15 bits per heavy atom. The van der Waals surface area contributed by atoms with Gasteiger partial charge in [-0.25, -0.2) is 4.98 Å². The maximum Gasteiger partial charge on any atom is 0.311 e. The van der Waals surface area contributed by atoms with Gasteiger partial charge in [-0.1, -0.05) is 57.4 Å². The molecule has 7 unspecified atom stereocenters. The molecule has 520 valence electrons. The van der Waals surface area contributed by atoms with Crippen LogP contribution in [0.3, 0.4) is 0 Å². The van der Waals surface area contributed by atoms with E-state index in [4.69, 9.17) is 47.4 Å². The van der Waals surface area contributed by atoms with Gasteiger partial charge in [0.05, 0.1) is 66.2 Å². The Balaban J connectivity index is 2.57. The smallest absolute Gasteiger partial charge is 0.311 e. The van der Waals surface area contributed by atoms with Gasteiger partial charge >= 0.3 is 47.8 Å². The number of amides is 1. The van der Waals surface area contributed by atoms with E-state index in [-0.39, 0.29) is 111 Å². The van der Waals surface area contributed by atoms with Crippen LogP contribution in [0.15, 0.2) is 29.4 Å². The molecule has 2 rings (SSSR count). The highest BCUT2D eigenvalue weighted by molar-refractivity contribution is 8.76. The van der Waals surface area contributed by atoms with E-state index in [2.05, 4.69) is 10.3 Å². The fourth-order valence-electron chi connectivity index (χ4n) is 11.0. The Hall–Kier alpha value is -5.16. The molecule has 27 heteroatoms. The number of aliphatic hydroxyl groups is 2. The first-order chi connectivity index (χ1) is 42.6. The molecule has 1 aliphatic heterocycles. The van der Waals surface area contributed by atoms with Crippen LogP contribution in [-0.4, -0.2) is 201 Å². The molecule has 1 aromatic rings. The Morgan fingerprint density at radius 1 is 0.637 bits per heavy atom. The lowest BCUT2D eigenvalue weighted by Gasteiger charge is -2.43. The molecule has 0 radical (unpaired) electrons. The first-order valence-corrected chi connectivity index (χ1v) is 33.7. The van der Waals surface area contributed by atoms with Crippen molar-refractivity contribution in [1.82, 2.24) is 15.2 Å². The van der Waals surface area contributed by atoms with E-state index in [0.717, 1.165) is 32.2 Å². The summed E-state index contributed by atoms with van der Waals surface area (Å²) in [4.78, 5) is 129. The predicted molar refractivity (Wildman–Crippen MR) is 338 cm³/mol. The molecule has 25 nitrogen and oxygen atoms in total. The number of carboxylic acids is 1. The fraction of sp³-hybridized carbons (Fsp3) is 0.781. The van der Waals surface area contributed by atoms with Crippen LogP contribution in [0.5, 0.6) is 0 Å². The third kappa shape index (κ3) is 27.4. The number of ether oxygens (including phenoxy) is 10. The van der Waals surface area contributed by atoms with Crippen molar-refractivity contribution in [2.75, 3.05) is 85.8 Å². The van der Waals surface area contributed by atoms with Crippen LogP contribution in [0.2, 0.25) is 0 Å². The van der Waals surface area contributed by atoms with Gasteiger partial charge in [0.15, 0.2) is 24.6 Å². The summed E-state index contributed by atoms with van der Waals surface area (Å²) < 4.78 is 57.1. The van der Waals surface area contributed by atoms with Crippen molar-refractivity contribution in [1.29, 1.82) is 0 Å². The van der Waals surface area contributed by atoms with Crippen LogP contribution in [0.25, 0.3) is 0 Å². The van der Waals surface area contributed by atoms with Crippen LogP contribution in [0.1, 0.15) is 167 Å². The van der Waals surface area contributed by atoms with Gasteiger partial charge in [-0.15, -0.1) is 0 Å². The Labute approximate surface area is 545 Å². The number of likely N-dealkylation sites (N-methyl/N-ethyl adjacent to an activating group) is 1. The summed E-state index contributed by atoms with van der Waals surface area (Å²) in [6.45, 7) is 19.1. The van der Waals surface area contributed by atoms with Crippen molar-refractivity contribution >= 4 is 75.2 Å². The molecule has 91 heavy (non-hydrogen) atoms. The number of rotatable bonds is 45. The molecular weight excluding hydrogens is 1230 g/mol. The van der Waals surface area contributed by atoms with Crippen molar-refractivity contribution < 1.29 is 106 Å². The number of carboxylic acid groups (broad SMARTS) is 1. The molecule has 0 saturated carbocycles. The van der Waals surface area contributed by atoms with Gasteiger partial charge in [0.2, 0.25) is 5.91 Å². The van der Waals surface area contributed by atoms with Gasteiger partial charge < -0.3 is 72.9 Å². The van der Waals surface area contributed by atoms with Gasteiger partial charge in [0, 0.05) is 51.2 Å². The topological polar surface area (TPSA) is 335 Å². The molecule has 12 atom stereocenters. The average Bonchev–Trinajstić information content (AvgIpc) is 0.818. The van der Waals surface area contributed by atoms with Crippen molar-refractivity contribution in [3.63, 3.8) is 0 Å². The molecule has 2 heterocycles. The molecule has 1 fully saturated rings. The van der Waals surface area contributed by atoms with Gasteiger partial charge in [0.1, 0.15) is 31.0 Å². The van der Waals surface area contributed by atoms with Crippen LogP contribution >= 0.6 is 21.6 Å². The molecule has 4 N–H and O–H groups in total. The number of esters is 7. The molecule has 0 aromatic carbocycles. The van der Waals surface area contributed by atoms with Gasteiger partial charge in [-0.05, 0) is 143 Å². The van der Waals surface area contributed by atoms with E-state index >= 15 is 4.79 Å². The highest BCUT2D eigenvalue weighted by Crippen LogP contribution is 2.51. The molecule has 0 aliphatic carbocycles. The Kier molecular flexibility index (Phi) is 35.6. The summed E-state index contributed by atoms with van der Waals surface area (Å²) in [6.07, 6.45) is -4.67. The fourth-order valence-corrected chi connectivity index (χ4v) is 12.8. The quantitative estimate of drug-likeness (QED) is 0.0213. The highest BCUT2D eigenvalue weighted by Gasteiger charge is 2.55. The largest absolute Gasteiger partial charge is 0.481 e. The first kappa shape index (κ1) is 81.9. The maximum absolute atomic E-state index is 15.1. The summed E-state index contributed by atoms with van der Waals surface area (Å²) in [5.41, 5.74) is -8.82. The lowest BCUT2D eigenvalue weighted by atomic mass is 9.61. The minimum absolute atomic E-state index is 0.00325. The molecule has 1 aromatic heterocycles. The summed E-state index contributed by atoms with van der Waals surface area (Å²) in [7, 11) is 6.44. The molecular formula is C64H105N3O22S2. The second-order valence-electron chi connectivity index (χ2n) is 25.6. The summed E-state index contributed by atoms with van der Waals surface area (Å²) in [5, 5.41) is 34.7. The zero-order chi connectivity index (χ0) is 68.8. The minimum atomic E-state index is -1.58. The third-order valence-electron chi connectivity index (χ3n) is 16.3. The number of carbonyl (C=O) groups excluding carboxylic acids is 8. The molecule has 0 bridgehead atoms. The van der Waals surface area contributed by atoms with Crippen LogP contribution in [0.4, 0.5) is 0 Å². The summed E-state index contributed by atoms with van der Waals surface area (Å²) in [6, 6.07) is 5.49. The van der Waals surface area contributed by atoms with E-state index in [0.29, 0.717) is 25.1 Å². The predicted octanol–water partition coefficient (Wildman–Crippen LogP) is 7.46. The number of nitrogens with zero attached hydrogens (tertiary/aromatic N) is 2. The van der Waals surface area contributed by atoms with Crippen LogP contribution in [-0.2, 0) is 90.5 Å². The summed E-state index contributed by atoms with van der Waals surface area (Å²) in [5.74, 6) is -6.33.